The van der Waals surface area contributed by atoms with E-state index in [0.29, 0.717) is 13.1 Å². The standard InChI is InChI=1S/C11H14F3N/c1-4-15(5-2)9-6-8(12)10(13)7(3)11(9)14/h6H,4-5H2,1-3H3. The second-order valence-electron chi connectivity index (χ2n) is 3.30. The molecule has 0 atom stereocenters. The van der Waals surface area contributed by atoms with Crippen LogP contribution in [0.5, 0.6) is 0 Å². The first-order chi connectivity index (χ1) is 7.02. The van der Waals surface area contributed by atoms with Gasteiger partial charge < -0.3 is 4.90 Å². The molecular weight excluding hydrogens is 203 g/mol. The van der Waals surface area contributed by atoms with Crippen molar-refractivity contribution in [3.63, 3.8) is 0 Å². The summed E-state index contributed by atoms with van der Waals surface area (Å²) >= 11 is 0. The monoisotopic (exact) mass is 217 g/mol. The number of anilines is 1. The van der Waals surface area contributed by atoms with E-state index in [2.05, 4.69) is 0 Å². The van der Waals surface area contributed by atoms with Crippen LogP contribution in [0.25, 0.3) is 0 Å². The smallest absolute Gasteiger partial charge is 0.164 e. The highest BCUT2D eigenvalue weighted by molar-refractivity contribution is 5.50. The Morgan fingerprint density at radius 2 is 1.60 bits per heavy atom. The summed E-state index contributed by atoms with van der Waals surface area (Å²) in [5.74, 6) is -2.79. The summed E-state index contributed by atoms with van der Waals surface area (Å²) in [6.07, 6.45) is 0. The summed E-state index contributed by atoms with van der Waals surface area (Å²) in [5, 5.41) is 0. The molecule has 0 aliphatic heterocycles. The van der Waals surface area contributed by atoms with Gasteiger partial charge in [0.05, 0.1) is 5.69 Å². The molecule has 15 heavy (non-hydrogen) atoms. The van der Waals surface area contributed by atoms with Gasteiger partial charge in [0.25, 0.3) is 0 Å². The average Bonchev–Trinajstić information content (AvgIpc) is 2.24. The van der Waals surface area contributed by atoms with E-state index < -0.39 is 17.5 Å². The first kappa shape index (κ1) is 11.9. The predicted molar refractivity (Wildman–Crippen MR) is 54.6 cm³/mol. The van der Waals surface area contributed by atoms with Crippen molar-refractivity contribution in [1.29, 1.82) is 0 Å². The van der Waals surface area contributed by atoms with Crippen LogP contribution in [0.3, 0.4) is 0 Å². The first-order valence-electron chi connectivity index (χ1n) is 4.91. The third-order valence-corrected chi connectivity index (χ3v) is 2.46. The van der Waals surface area contributed by atoms with E-state index in [0.717, 1.165) is 6.07 Å². The molecular formula is C11H14F3N. The van der Waals surface area contributed by atoms with Gasteiger partial charge in [-0.1, -0.05) is 0 Å². The van der Waals surface area contributed by atoms with E-state index in [-0.39, 0.29) is 11.3 Å². The largest absolute Gasteiger partial charge is 0.370 e. The van der Waals surface area contributed by atoms with Crippen LogP contribution in [-0.2, 0) is 0 Å². The lowest BCUT2D eigenvalue weighted by atomic mass is 10.1. The molecule has 0 saturated heterocycles. The highest BCUT2D eigenvalue weighted by Gasteiger charge is 2.17. The van der Waals surface area contributed by atoms with E-state index >= 15 is 0 Å². The van der Waals surface area contributed by atoms with E-state index in [1.54, 1.807) is 4.90 Å². The Kier molecular flexibility index (Phi) is 3.61. The maximum Gasteiger partial charge on any atom is 0.164 e. The van der Waals surface area contributed by atoms with Crippen LogP contribution in [0, 0.1) is 24.4 Å². The fourth-order valence-electron chi connectivity index (χ4n) is 1.51. The van der Waals surface area contributed by atoms with Gasteiger partial charge in [-0.15, -0.1) is 0 Å². The number of benzene rings is 1. The zero-order chi connectivity index (χ0) is 11.6. The fourth-order valence-corrected chi connectivity index (χ4v) is 1.51. The van der Waals surface area contributed by atoms with Crippen molar-refractivity contribution in [1.82, 2.24) is 0 Å². The lowest BCUT2D eigenvalue weighted by Crippen LogP contribution is -2.23. The molecule has 0 fully saturated rings. The molecule has 84 valence electrons. The lowest BCUT2D eigenvalue weighted by molar-refractivity contribution is 0.485. The Labute approximate surface area is 87.5 Å². The molecule has 1 aromatic rings. The van der Waals surface area contributed by atoms with Crippen LogP contribution in [0.15, 0.2) is 6.07 Å². The van der Waals surface area contributed by atoms with Crippen molar-refractivity contribution in [2.45, 2.75) is 20.8 Å². The van der Waals surface area contributed by atoms with E-state index in [4.69, 9.17) is 0 Å². The first-order valence-corrected chi connectivity index (χ1v) is 4.91. The third kappa shape index (κ3) is 2.08. The Bertz CT molecular complexity index is 359. The van der Waals surface area contributed by atoms with E-state index in [1.165, 1.54) is 6.92 Å². The molecule has 0 amide bonds. The SMILES string of the molecule is CCN(CC)c1cc(F)c(F)c(C)c1F. The second-order valence-corrected chi connectivity index (χ2v) is 3.30. The van der Waals surface area contributed by atoms with Crippen LogP contribution in [0.4, 0.5) is 18.9 Å². The molecule has 1 rings (SSSR count). The summed E-state index contributed by atoms with van der Waals surface area (Å²) in [4.78, 5) is 1.64. The van der Waals surface area contributed by atoms with Crippen LogP contribution < -0.4 is 4.90 Å². The van der Waals surface area contributed by atoms with Crippen molar-refractivity contribution in [3.05, 3.63) is 29.1 Å². The second kappa shape index (κ2) is 4.55. The quantitative estimate of drug-likeness (QED) is 0.702. The molecule has 0 heterocycles. The normalized spacial score (nSPS) is 10.5. The third-order valence-electron chi connectivity index (χ3n) is 2.46. The van der Waals surface area contributed by atoms with Gasteiger partial charge in [-0.2, -0.15) is 0 Å². The molecule has 0 aromatic heterocycles. The molecule has 1 aromatic carbocycles. The molecule has 0 aliphatic rings. The van der Waals surface area contributed by atoms with Gasteiger partial charge in [0.15, 0.2) is 17.5 Å². The van der Waals surface area contributed by atoms with Crippen LogP contribution in [0.2, 0.25) is 0 Å². The molecule has 1 nitrogen and oxygen atoms in total. The van der Waals surface area contributed by atoms with Gasteiger partial charge in [-0.3, -0.25) is 0 Å². The topological polar surface area (TPSA) is 3.24 Å². The molecule has 0 unspecified atom stereocenters. The average molecular weight is 217 g/mol. The zero-order valence-corrected chi connectivity index (χ0v) is 9.07. The minimum absolute atomic E-state index is 0.122. The zero-order valence-electron chi connectivity index (χ0n) is 9.07. The Morgan fingerprint density at radius 3 is 2.07 bits per heavy atom. The minimum atomic E-state index is -1.11. The lowest BCUT2D eigenvalue weighted by Gasteiger charge is -2.22. The predicted octanol–water partition coefficient (Wildman–Crippen LogP) is 3.26. The van der Waals surface area contributed by atoms with E-state index in [9.17, 15) is 13.2 Å². The van der Waals surface area contributed by atoms with Crippen molar-refractivity contribution < 1.29 is 13.2 Å². The number of hydrogen-bond acceptors (Lipinski definition) is 1. The Hall–Kier alpha value is -1.19. The summed E-state index contributed by atoms with van der Waals surface area (Å²) < 4.78 is 39.7. The summed E-state index contributed by atoms with van der Waals surface area (Å²) in [6, 6.07) is 0.907. The number of halogens is 3. The highest BCUT2D eigenvalue weighted by atomic mass is 19.2. The highest BCUT2D eigenvalue weighted by Crippen LogP contribution is 2.26. The molecule has 0 bridgehead atoms. The van der Waals surface area contributed by atoms with Crippen molar-refractivity contribution in [2.75, 3.05) is 18.0 Å². The number of nitrogens with zero attached hydrogens (tertiary/aromatic N) is 1. The van der Waals surface area contributed by atoms with E-state index in [1.807, 2.05) is 13.8 Å². The van der Waals surface area contributed by atoms with Gasteiger partial charge in [0, 0.05) is 24.7 Å². The maximum atomic E-state index is 13.6. The van der Waals surface area contributed by atoms with Crippen LogP contribution in [-0.4, -0.2) is 13.1 Å². The molecule has 4 heteroatoms. The summed E-state index contributed by atoms with van der Waals surface area (Å²) in [5.41, 5.74) is -0.145. The minimum Gasteiger partial charge on any atom is -0.370 e. The molecule has 0 aliphatic carbocycles. The van der Waals surface area contributed by atoms with Gasteiger partial charge in [-0.25, -0.2) is 13.2 Å². The molecule has 0 saturated carbocycles. The van der Waals surface area contributed by atoms with Crippen molar-refractivity contribution >= 4 is 5.69 Å². The van der Waals surface area contributed by atoms with Crippen LogP contribution in [0.1, 0.15) is 19.4 Å². The fraction of sp³-hybridized carbons (Fsp3) is 0.455. The summed E-state index contributed by atoms with van der Waals surface area (Å²) in [6.45, 7) is 6.01. The Morgan fingerprint density at radius 1 is 1.07 bits per heavy atom. The number of rotatable bonds is 3. The van der Waals surface area contributed by atoms with Crippen molar-refractivity contribution in [2.24, 2.45) is 0 Å². The van der Waals surface area contributed by atoms with Gasteiger partial charge in [-0.05, 0) is 20.8 Å². The molecule has 0 N–H and O–H groups in total. The summed E-state index contributed by atoms with van der Waals surface area (Å²) in [7, 11) is 0. The van der Waals surface area contributed by atoms with Gasteiger partial charge >= 0.3 is 0 Å². The molecule has 0 spiro atoms. The van der Waals surface area contributed by atoms with Gasteiger partial charge in [0.2, 0.25) is 0 Å². The Balaban J connectivity index is 3.31. The van der Waals surface area contributed by atoms with Crippen LogP contribution >= 0.6 is 0 Å². The maximum absolute atomic E-state index is 13.6. The molecule has 0 radical (unpaired) electrons. The van der Waals surface area contributed by atoms with Crippen molar-refractivity contribution in [3.8, 4) is 0 Å². The number of hydrogen-bond donors (Lipinski definition) is 0. The van der Waals surface area contributed by atoms with Gasteiger partial charge in [0.1, 0.15) is 0 Å².